The number of ether oxygens (including phenoxy) is 2. The van der Waals surface area contributed by atoms with Gasteiger partial charge in [-0.15, -0.1) is 0 Å². The van der Waals surface area contributed by atoms with Crippen molar-refractivity contribution < 1.29 is 19.4 Å². The maximum atomic E-state index is 10.5. The molecule has 16 heavy (non-hydrogen) atoms. The van der Waals surface area contributed by atoms with Crippen LogP contribution in [0.2, 0.25) is 0 Å². The Hall–Kier alpha value is -1.62. The van der Waals surface area contributed by atoms with Gasteiger partial charge in [0.25, 0.3) is 0 Å². The van der Waals surface area contributed by atoms with Crippen molar-refractivity contribution in [2.24, 2.45) is 0 Å². The van der Waals surface area contributed by atoms with Crippen molar-refractivity contribution in [2.75, 3.05) is 19.8 Å². The molecule has 0 saturated heterocycles. The largest absolute Gasteiger partial charge is 0.492 e. The van der Waals surface area contributed by atoms with Crippen molar-refractivity contribution in [3.63, 3.8) is 0 Å². The van der Waals surface area contributed by atoms with Gasteiger partial charge in [-0.25, -0.2) is 9.78 Å². The molecule has 1 heterocycles. The number of carbonyl (C=O) groups is 1. The van der Waals surface area contributed by atoms with Gasteiger partial charge in [-0.05, 0) is 19.1 Å². The quantitative estimate of drug-likeness (QED) is 0.713. The minimum atomic E-state index is -1.04. The predicted octanol–water partition coefficient (Wildman–Crippen LogP) is 1.59. The molecule has 0 aliphatic rings. The van der Waals surface area contributed by atoms with Crippen LogP contribution in [-0.2, 0) is 4.74 Å². The number of carboxylic acid groups (broad SMARTS) is 1. The predicted molar refractivity (Wildman–Crippen MR) is 57.8 cm³/mol. The Morgan fingerprint density at radius 3 is 2.81 bits per heavy atom. The highest BCUT2D eigenvalue weighted by Crippen LogP contribution is 2.09. The molecule has 0 spiro atoms. The third-order valence-corrected chi connectivity index (χ3v) is 1.86. The Bertz CT molecular complexity index is 323. The van der Waals surface area contributed by atoms with E-state index in [1.165, 1.54) is 12.3 Å². The van der Waals surface area contributed by atoms with E-state index in [0.29, 0.717) is 25.6 Å². The third-order valence-electron chi connectivity index (χ3n) is 1.86. The second kappa shape index (κ2) is 6.79. The van der Waals surface area contributed by atoms with E-state index in [0.717, 1.165) is 6.42 Å². The second-order valence-corrected chi connectivity index (χ2v) is 3.08. The molecule has 1 aromatic heterocycles. The monoisotopic (exact) mass is 225 g/mol. The van der Waals surface area contributed by atoms with Gasteiger partial charge in [0.05, 0.1) is 12.8 Å². The highest BCUT2D eigenvalue weighted by molar-refractivity contribution is 5.85. The Morgan fingerprint density at radius 1 is 1.44 bits per heavy atom. The minimum absolute atomic E-state index is 0.0154. The molecule has 0 atom stereocenters. The molecule has 5 nitrogen and oxygen atoms in total. The Labute approximate surface area is 94.0 Å². The average Bonchev–Trinajstić information content (AvgIpc) is 2.29. The van der Waals surface area contributed by atoms with Gasteiger partial charge in [0.2, 0.25) is 0 Å². The smallest absolute Gasteiger partial charge is 0.354 e. The summed E-state index contributed by atoms with van der Waals surface area (Å²) < 4.78 is 10.5. The Balaban J connectivity index is 2.29. The summed E-state index contributed by atoms with van der Waals surface area (Å²) in [6.45, 7) is 3.84. The first-order valence-electron chi connectivity index (χ1n) is 5.14. The van der Waals surface area contributed by atoms with E-state index in [-0.39, 0.29) is 5.69 Å². The van der Waals surface area contributed by atoms with E-state index in [9.17, 15) is 4.79 Å². The summed E-state index contributed by atoms with van der Waals surface area (Å²) in [5.41, 5.74) is 0.0154. The van der Waals surface area contributed by atoms with Crippen molar-refractivity contribution in [1.29, 1.82) is 0 Å². The van der Waals surface area contributed by atoms with E-state index < -0.39 is 5.97 Å². The third kappa shape index (κ3) is 4.27. The first-order chi connectivity index (χ1) is 7.74. The lowest BCUT2D eigenvalue weighted by Gasteiger charge is -2.05. The highest BCUT2D eigenvalue weighted by Gasteiger charge is 2.03. The van der Waals surface area contributed by atoms with Gasteiger partial charge in [0.1, 0.15) is 11.4 Å². The van der Waals surface area contributed by atoms with Gasteiger partial charge >= 0.3 is 5.97 Å². The number of aromatic carboxylic acids is 1. The molecule has 0 aromatic carbocycles. The molecule has 1 aromatic rings. The standard InChI is InChI=1S/C11H15NO4/c1-2-15-6-3-7-16-9-4-5-10(11(13)14)12-8-9/h4-5,8H,2-3,6-7H2,1H3,(H,13,14). The molecule has 1 rings (SSSR count). The molecule has 0 radical (unpaired) electrons. The van der Waals surface area contributed by atoms with Gasteiger partial charge < -0.3 is 14.6 Å². The zero-order chi connectivity index (χ0) is 11.8. The second-order valence-electron chi connectivity index (χ2n) is 3.08. The fourth-order valence-corrected chi connectivity index (χ4v) is 1.09. The summed E-state index contributed by atoms with van der Waals surface area (Å²) in [6.07, 6.45) is 2.21. The lowest BCUT2D eigenvalue weighted by atomic mass is 10.3. The molecule has 88 valence electrons. The van der Waals surface area contributed by atoms with Crippen LogP contribution in [0.25, 0.3) is 0 Å². The van der Waals surface area contributed by atoms with Crippen LogP contribution in [-0.4, -0.2) is 35.9 Å². The maximum Gasteiger partial charge on any atom is 0.354 e. The van der Waals surface area contributed by atoms with Gasteiger partial charge in [-0.1, -0.05) is 0 Å². The van der Waals surface area contributed by atoms with Crippen LogP contribution >= 0.6 is 0 Å². The average molecular weight is 225 g/mol. The van der Waals surface area contributed by atoms with E-state index in [4.69, 9.17) is 14.6 Å². The Morgan fingerprint density at radius 2 is 2.25 bits per heavy atom. The molecule has 0 saturated carbocycles. The molecular formula is C11H15NO4. The summed E-state index contributed by atoms with van der Waals surface area (Å²) in [5, 5.41) is 8.63. The summed E-state index contributed by atoms with van der Waals surface area (Å²) >= 11 is 0. The van der Waals surface area contributed by atoms with Crippen LogP contribution in [0.3, 0.4) is 0 Å². The number of hydrogen-bond acceptors (Lipinski definition) is 4. The molecule has 0 aliphatic carbocycles. The fourth-order valence-electron chi connectivity index (χ4n) is 1.09. The summed E-state index contributed by atoms with van der Waals surface area (Å²) in [7, 11) is 0. The molecule has 0 fully saturated rings. The zero-order valence-corrected chi connectivity index (χ0v) is 9.18. The number of pyridine rings is 1. The van der Waals surface area contributed by atoms with Crippen molar-refractivity contribution in [3.8, 4) is 5.75 Å². The van der Waals surface area contributed by atoms with Crippen molar-refractivity contribution >= 4 is 5.97 Å². The first kappa shape index (κ1) is 12.4. The minimum Gasteiger partial charge on any atom is -0.492 e. The molecule has 5 heteroatoms. The Kier molecular flexibility index (Phi) is 5.28. The van der Waals surface area contributed by atoms with Crippen LogP contribution in [0.15, 0.2) is 18.3 Å². The maximum absolute atomic E-state index is 10.5. The lowest BCUT2D eigenvalue weighted by Crippen LogP contribution is -2.04. The fraction of sp³-hybridized carbons (Fsp3) is 0.455. The van der Waals surface area contributed by atoms with Crippen LogP contribution in [0.4, 0.5) is 0 Å². The van der Waals surface area contributed by atoms with Crippen LogP contribution in [0, 0.1) is 0 Å². The van der Waals surface area contributed by atoms with Crippen molar-refractivity contribution in [2.45, 2.75) is 13.3 Å². The van der Waals surface area contributed by atoms with E-state index in [1.807, 2.05) is 6.92 Å². The van der Waals surface area contributed by atoms with E-state index >= 15 is 0 Å². The molecule has 0 unspecified atom stereocenters. The molecule has 0 aliphatic heterocycles. The summed E-state index contributed by atoms with van der Waals surface area (Å²) in [6, 6.07) is 3.01. The van der Waals surface area contributed by atoms with Crippen molar-refractivity contribution in [3.05, 3.63) is 24.0 Å². The highest BCUT2D eigenvalue weighted by atomic mass is 16.5. The van der Waals surface area contributed by atoms with E-state index in [2.05, 4.69) is 4.98 Å². The van der Waals surface area contributed by atoms with E-state index in [1.54, 1.807) is 6.07 Å². The lowest BCUT2D eigenvalue weighted by molar-refractivity contribution is 0.0690. The number of aromatic nitrogens is 1. The molecule has 1 N–H and O–H groups in total. The topological polar surface area (TPSA) is 68.7 Å². The van der Waals surface area contributed by atoms with Gasteiger partial charge in [-0.3, -0.25) is 0 Å². The number of rotatable bonds is 7. The molecular weight excluding hydrogens is 210 g/mol. The SMILES string of the molecule is CCOCCCOc1ccc(C(=O)O)nc1. The number of carboxylic acids is 1. The zero-order valence-electron chi connectivity index (χ0n) is 9.18. The van der Waals surface area contributed by atoms with Crippen LogP contribution in [0.1, 0.15) is 23.8 Å². The summed E-state index contributed by atoms with van der Waals surface area (Å²) in [4.78, 5) is 14.3. The number of hydrogen-bond donors (Lipinski definition) is 1. The summed E-state index contributed by atoms with van der Waals surface area (Å²) in [5.74, 6) is -0.468. The van der Waals surface area contributed by atoms with Gasteiger partial charge in [-0.2, -0.15) is 0 Å². The normalized spacial score (nSPS) is 10.1. The van der Waals surface area contributed by atoms with Gasteiger partial charge in [0.15, 0.2) is 0 Å². The molecule has 0 bridgehead atoms. The van der Waals surface area contributed by atoms with Crippen LogP contribution < -0.4 is 4.74 Å². The van der Waals surface area contributed by atoms with Crippen LogP contribution in [0.5, 0.6) is 5.75 Å². The first-order valence-corrected chi connectivity index (χ1v) is 5.14. The molecule has 0 amide bonds. The van der Waals surface area contributed by atoms with Crippen molar-refractivity contribution in [1.82, 2.24) is 4.98 Å². The number of nitrogens with zero attached hydrogens (tertiary/aromatic N) is 1. The van der Waals surface area contributed by atoms with Gasteiger partial charge in [0, 0.05) is 19.6 Å².